The summed E-state index contributed by atoms with van der Waals surface area (Å²) in [4.78, 5) is 16.6. The third kappa shape index (κ3) is 3.88. The van der Waals surface area contributed by atoms with Crippen molar-refractivity contribution < 1.29 is 17.9 Å². The zero-order valence-electron chi connectivity index (χ0n) is 13.9. The molecule has 2 atom stereocenters. The summed E-state index contributed by atoms with van der Waals surface area (Å²) in [7, 11) is -3.28. The van der Waals surface area contributed by atoms with Gasteiger partial charge < -0.3 is 9.64 Å². The van der Waals surface area contributed by atoms with Gasteiger partial charge in [-0.05, 0) is 18.8 Å². The molecule has 0 N–H and O–H groups in total. The summed E-state index contributed by atoms with van der Waals surface area (Å²) in [6, 6.07) is 0.331. The standard InChI is InChI=1S/C16H28N2O4S/c1-13-10-18(11-15(13)17-6-8-22-9-7-17)16(19)12-23(20,21)14-4-2-3-5-14/h13-15H,2-12H2,1H3/t13-,15+/m1/s1. The van der Waals surface area contributed by atoms with Gasteiger partial charge in [0.25, 0.3) is 0 Å². The van der Waals surface area contributed by atoms with E-state index < -0.39 is 9.84 Å². The van der Waals surface area contributed by atoms with Crippen molar-refractivity contribution in [2.45, 2.75) is 43.9 Å². The fourth-order valence-electron chi connectivity index (χ4n) is 4.17. The van der Waals surface area contributed by atoms with Crippen molar-refractivity contribution in [3.63, 3.8) is 0 Å². The monoisotopic (exact) mass is 344 g/mol. The van der Waals surface area contributed by atoms with E-state index in [1.807, 2.05) is 0 Å². The molecule has 3 fully saturated rings. The first-order valence-electron chi connectivity index (χ1n) is 8.78. The van der Waals surface area contributed by atoms with Gasteiger partial charge in [0, 0.05) is 32.2 Å². The van der Waals surface area contributed by atoms with Crippen molar-refractivity contribution in [3.8, 4) is 0 Å². The van der Waals surface area contributed by atoms with Crippen molar-refractivity contribution in [3.05, 3.63) is 0 Å². The van der Waals surface area contributed by atoms with Crippen LogP contribution in [0.15, 0.2) is 0 Å². The first kappa shape index (κ1) is 17.2. The van der Waals surface area contributed by atoms with Gasteiger partial charge in [-0.3, -0.25) is 9.69 Å². The van der Waals surface area contributed by atoms with Crippen molar-refractivity contribution >= 4 is 15.7 Å². The molecule has 7 heteroatoms. The molecule has 2 saturated heterocycles. The van der Waals surface area contributed by atoms with E-state index in [9.17, 15) is 13.2 Å². The summed E-state index contributed by atoms with van der Waals surface area (Å²) in [5, 5.41) is -0.290. The van der Waals surface area contributed by atoms with Crippen molar-refractivity contribution in [1.29, 1.82) is 0 Å². The minimum atomic E-state index is -3.28. The van der Waals surface area contributed by atoms with Crippen LogP contribution in [0.1, 0.15) is 32.6 Å². The maximum Gasteiger partial charge on any atom is 0.237 e. The van der Waals surface area contributed by atoms with E-state index in [-0.39, 0.29) is 16.9 Å². The molecule has 3 aliphatic rings. The predicted molar refractivity (Wildman–Crippen MR) is 88.0 cm³/mol. The Morgan fingerprint density at radius 1 is 1.13 bits per heavy atom. The zero-order chi connectivity index (χ0) is 16.4. The second-order valence-electron chi connectivity index (χ2n) is 7.21. The Hall–Kier alpha value is -0.660. The number of hydrogen-bond donors (Lipinski definition) is 0. The number of carbonyl (C=O) groups excluding carboxylic acids is 1. The molecule has 1 aliphatic carbocycles. The van der Waals surface area contributed by atoms with E-state index in [0.717, 1.165) is 52.0 Å². The van der Waals surface area contributed by atoms with Crippen LogP contribution < -0.4 is 0 Å². The number of hydrogen-bond acceptors (Lipinski definition) is 5. The maximum absolute atomic E-state index is 12.5. The molecule has 0 spiro atoms. The largest absolute Gasteiger partial charge is 0.379 e. The zero-order valence-corrected chi connectivity index (χ0v) is 14.8. The Balaban J connectivity index is 1.58. The van der Waals surface area contributed by atoms with E-state index in [1.54, 1.807) is 4.90 Å². The van der Waals surface area contributed by atoms with E-state index in [1.165, 1.54) is 0 Å². The average Bonchev–Trinajstić information content (AvgIpc) is 3.17. The number of sulfone groups is 1. The van der Waals surface area contributed by atoms with E-state index in [0.29, 0.717) is 25.0 Å². The lowest BCUT2D eigenvalue weighted by Crippen LogP contribution is -2.47. The van der Waals surface area contributed by atoms with Gasteiger partial charge in [-0.1, -0.05) is 19.8 Å². The lowest BCUT2D eigenvalue weighted by atomic mass is 10.0. The maximum atomic E-state index is 12.5. The third-order valence-corrected chi connectivity index (χ3v) is 7.71. The summed E-state index contributed by atoms with van der Waals surface area (Å²) in [5.41, 5.74) is 0. The SMILES string of the molecule is C[C@@H]1CN(C(=O)CS(=O)(=O)C2CCCC2)C[C@@H]1N1CCOCC1. The second-order valence-corrected chi connectivity index (χ2v) is 9.49. The van der Waals surface area contributed by atoms with Gasteiger partial charge in [0.05, 0.1) is 18.5 Å². The average molecular weight is 344 g/mol. The molecule has 0 bridgehead atoms. The molecule has 0 aromatic rings. The van der Waals surface area contributed by atoms with E-state index in [2.05, 4.69) is 11.8 Å². The number of morpholine rings is 1. The normalized spacial score (nSPS) is 30.9. The lowest BCUT2D eigenvalue weighted by Gasteiger charge is -2.34. The lowest BCUT2D eigenvalue weighted by molar-refractivity contribution is -0.127. The van der Waals surface area contributed by atoms with Crippen LogP contribution in [-0.4, -0.2) is 80.6 Å². The molecule has 1 amide bonds. The van der Waals surface area contributed by atoms with Gasteiger partial charge in [-0.2, -0.15) is 0 Å². The molecule has 2 heterocycles. The van der Waals surface area contributed by atoms with Crippen LogP contribution in [-0.2, 0) is 19.4 Å². The van der Waals surface area contributed by atoms with Gasteiger partial charge in [0.2, 0.25) is 5.91 Å². The molecule has 6 nitrogen and oxygen atoms in total. The molecular weight excluding hydrogens is 316 g/mol. The fraction of sp³-hybridized carbons (Fsp3) is 0.938. The number of nitrogens with zero attached hydrogens (tertiary/aromatic N) is 2. The third-order valence-electron chi connectivity index (χ3n) is 5.57. The van der Waals surface area contributed by atoms with E-state index in [4.69, 9.17) is 4.74 Å². The molecule has 0 aromatic heterocycles. The van der Waals surface area contributed by atoms with E-state index >= 15 is 0 Å². The van der Waals surface area contributed by atoms with Crippen LogP contribution >= 0.6 is 0 Å². The summed E-state index contributed by atoms with van der Waals surface area (Å²) < 4.78 is 30.2. The summed E-state index contributed by atoms with van der Waals surface area (Å²) in [6.45, 7) is 6.76. The van der Waals surface area contributed by atoms with Crippen molar-refractivity contribution in [2.24, 2.45) is 5.92 Å². The Bertz CT molecular complexity index is 524. The van der Waals surface area contributed by atoms with Gasteiger partial charge in [0.15, 0.2) is 9.84 Å². The van der Waals surface area contributed by atoms with Gasteiger partial charge >= 0.3 is 0 Å². The Labute approximate surface area is 139 Å². The Morgan fingerprint density at radius 3 is 2.43 bits per heavy atom. The quantitative estimate of drug-likeness (QED) is 0.744. The van der Waals surface area contributed by atoms with Crippen LogP contribution in [0.4, 0.5) is 0 Å². The van der Waals surface area contributed by atoms with Gasteiger partial charge in [0.1, 0.15) is 5.75 Å². The summed E-state index contributed by atoms with van der Waals surface area (Å²) in [6.07, 6.45) is 3.39. The summed E-state index contributed by atoms with van der Waals surface area (Å²) >= 11 is 0. The van der Waals surface area contributed by atoms with Crippen LogP contribution in [0.5, 0.6) is 0 Å². The molecule has 2 aliphatic heterocycles. The minimum absolute atomic E-state index is 0.209. The van der Waals surface area contributed by atoms with Gasteiger partial charge in [-0.25, -0.2) is 8.42 Å². The highest BCUT2D eigenvalue weighted by molar-refractivity contribution is 7.92. The molecule has 0 unspecified atom stereocenters. The number of likely N-dealkylation sites (tertiary alicyclic amines) is 1. The van der Waals surface area contributed by atoms with Crippen LogP contribution in [0.2, 0.25) is 0 Å². The molecule has 0 aromatic carbocycles. The molecule has 3 rings (SSSR count). The Morgan fingerprint density at radius 2 is 1.78 bits per heavy atom. The highest BCUT2D eigenvalue weighted by Crippen LogP contribution is 2.27. The molecule has 132 valence electrons. The molecule has 0 radical (unpaired) electrons. The number of amides is 1. The van der Waals surface area contributed by atoms with Crippen molar-refractivity contribution in [2.75, 3.05) is 45.1 Å². The van der Waals surface area contributed by atoms with Crippen molar-refractivity contribution in [1.82, 2.24) is 9.80 Å². The molecule has 1 saturated carbocycles. The number of ether oxygens (including phenoxy) is 1. The second kappa shape index (κ2) is 7.07. The first-order valence-corrected chi connectivity index (χ1v) is 10.5. The predicted octanol–water partition coefficient (Wildman–Crippen LogP) is 0.523. The fourth-order valence-corrected chi connectivity index (χ4v) is 5.98. The number of rotatable bonds is 4. The van der Waals surface area contributed by atoms with Crippen LogP contribution in [0.25, 0.3) is 0 Å². The molecule has 23 heavy (non-hydrogen) atoms. The van der Waals surface area contributed by atoms with Gasteiger partial charge in [-0.15, -0.1) is 0 Å². The van der Waals surface area contributed by atoms with Crippen LogP contribution in [0.3, 0.4) is 0 Å². The topological polar surface area (TPSA) is 66.9 Å². The highest BCUT2D eigenvalue weighted by Gasteiger charge is 2.39. The van der Waals surface area contributed by atoms with Crippen LogP contribution in [0, 0.1) is 5.92 Å². The molecular formula is C16H28N2O4S. The first-order chi connectivity index (χ1) is 11.0. The summed E-state index contributed by atoms with van der Waals surface area (Å²) in [5.74, 6) is -0.133. The highest BCUT2D eigenvalue weighted by atomic mass is 32.2. The smallest absolute Gasteiger partial charge is 0.237 e. The number of carbonyl (C=O) groups is 1. The Kier molecular flexibility index (Phi) is 5.28. The minimum Gasteiger partial charge on any atom is -0.379 e.